The Morgan fingerprint density at radius 1 is 0.963 bits per heavy atom. The zero-order chi connectivity index (χ0) is 18.8. The number of carbonyl (C=O) groups is 1. The van der Waals surface area contributed by atoms with E-state index in [2.05, 4.69) is 10.3 Å². The molecule has 0 radical (unpaired) electrons. The Labute approximate surface area is 166 Å². The fourth-order valence-corrected chi connectivity index (χ4v) is 4.20. The standard InChI is InChI=1S/C22H17ClN2OS/c1-14-17(23)12-13-18-20(14)24-22(27-18)25-21(26)19(15-8-4-2-5-9-15)16-10-6-3-7-11-16/h2-13,19H,1H3,(H,24,25,26). The second-order valence-electron chi connectivity index (χ2n) is 6.28. The van der Waals surface area contributed by atoms with Crippen LogP contribution >= 0.6 is 22.9 Å². The van der Waals surface area contributed by atoms with E-state index in [4.69, 9.17) is 11.6 Å². The Morgan fingerprint density at radius 2 is 1.56 bits per heavy atom. The lowest BCUT2D eigenvalue weighted by atomic mass is 9.90. The van der Waals surface area contributed by atoms with Gasteiger partial charge in [0.05, 0.1) is 16.1 Å². The summed E-state index contributed by atoms with van der Waals surface area (Å²) in [5, 5.41) is 4.26. The van der Waals surface area contributed by atoms with Gasteiger partial charge in [-0.2, -0.15) is 0 Å². The summed E-state index contributed by atoms with van der Waals surface area (Å²) in [7, 11) is 0. The van der Waals surface area contributed by atoms with Crippen LogP contribution in [-0.2, 0) is 4.79 Å². The van der Waals surface area contributed by atoms with E-state index in [-0.39, 0.29) is 5.91 Å². The summed E-state index contributed by atoms with van der Waals surface area (Å²) in [4.78, 5) is 17.8. The maximum absolute atomic E-state index is 13.2. The average molecular weight is 393 g/mol. The lowest BCUT2D eigenvalue weighted by Gasteiger charge is -2.16. The molecule has 3 aromatic carbocycles. The minimum atomic E-state index is -0.399. The molecular formula is C22H17ClN2OS. The number of amides is 1. The van der Waals surface area contributed by atoms with Crippen molar-refractivity contribution in [2.45, 2.75) is 12.8 Å². The van der Waals surface area contributed by atoms with E-state index < -0.39 is 5.92 Å². The van der Waals surface area contributed by atoms with Crippen LogP contribution in [0, 0.1) is 6.92 Å². The van der Waals surface area contributed by atoms with Crippen LogP contribution in [0.1, 0.15) is 22.6 Å². The third-order valence-corrected chi connectivity index (χ3v) is 5.85. The van der Waals surface area contributed by atoms with Gasteiger partial charge in [-0.3, -0.25) is 4.79 Å². The number of aromatic nitrogens is 1. The van der Waals surface area contributed by atoms with Crippen molar-refractivity contribution in [2.75, 3.05) is 5.32 Å². The van der Waals surface area contributed by atoms with Crippen molar-refractivity contribution < 1.29 is 4.79 Å². The van der Waals surface area contributed by atoms with Gasteiger partial charge < -0.3 is 5.32 Å². The predicted molar refractivity (Wildman–Crippen MR) is 113 cm³/mol. The van der Waals surface area contributed by atoms with Crippen molar-refractivity contribution in [3.63, 3.8) is 0 Å². The highest BCUT2D eigenvalue weighted by Gasteiger charge is 2.23. The van der Waals surface area contributed by atoms with Crippen LogP contribution < -0.4 is 5.32 Å². The zero-order valence-electron chi connectivity index (χ0n) is 14.6. The molecule has 0 atom stereocenters. The molecule has 0 fully saturated rings. The van der Waals surface area contributed by atoms with Gasteiger partial charge in [0.2, 0.25) is 5.91 Å². The molecule has 1 amide bonds. The molecule has 0 saturated heterocycles. The van der Waals surface area contributed by atoms with E-state index in [0.29, 0.717) is 10.2 Å². The summed E-state index contributed by atoms with van der Waals surface area (Å²) in [5.41, 5.74) is 3.65. The fraction of sp³-hybridized carbons (Fsp3) is 0.0909. The summed E-state index contributed by atoms with van der Waals surface area (Å²) in [6, 6.07) is 23.4. The molecule has 4 aromatic rings. The SMILES string of the molecule is Cc1c(Cl)ccc2sc(NC(=O)C(c3ccccc3)c3ccccc3)nc12. The number of anilines is 1. The molecule has 1 N–H and O–H groups in total. The van der Waals surface area contributed by atoms with Crippen molar-refractivity contribution in [1.29, 1.82) is 0 Å². The summed E-state index contributed by atoms with van der Waals surface area (Å²) in [6.45, 7) is 1.94. The van der Waals surface area contributed by atoms with Crippen molar-refractivity contribution >= 4 is 44.2 Å². The number of thiazole rings is 1. The average Bonchev–Trinajstić information content (AvgIpc) is 3.10. The van der Waals surface area contributed by atoms with Crippen LogP contribution in [0.15, 0.2) is 72.8 Å². The van der Waals surface area contributed by atoms with Gasteiger partial charge in [-0.15, -0.1) is 0 Å². The third-order valence-electron chi connectivity index (χ3n) is 4.51. The minimum absolute atomic E-state index is 0.102. The van der Waals surface area contributed by atoms with Crippen molar-refractivity contribution in [3.8, 4) is 0 Å². The molecule has 4 rings (SSSR count). The maximum Gasteiger partial charge on any atom is 0.238 e. The number of halogens is 1. The Kier molecular flexibility index (Phi) is 4.92. The molecule has 0 bridgehead atoms. The number of aryl methyl sites for hydroxylation is 1. The highest BCUT2D eigenvalue weighted by atomic mass is 35.5. The Morgan fingerprint density at radius 3 is 2.15 bits per heavy atom. The highest BCUT2D eigenvalue weighted by Crippen LogP contribution is 2.33. The summed E-state index contributed by atoms with van der Waals surface area (Å²) >= 11 is 7.65. The van der Waals surface area contributed by atoms with Gasteiger partial charge in [-0.25, -0.2) is 4.98 Å². The largest absolute Gasteiger partial charge is 0.301 e. The van der Waals surface area contributed by atoms with Crippen molar-refractivity contribution in [1.82, 2.24) is 4.98 Å². The molecule has 0 aliphatic carbocycles. The van der Waals surface area contributed by atoms with Crippen molar-refractivity contribution in [3.05, 3.63) is 94.5 Å². The fourth-order valence-electron chi connectivity index (χ4n) is 3.12. The number of nitrogens with one attached hydrogen (secondary N) is 1. The monoisotopic (exact) mass is 392 g/mol. The van der Waals surface area contributed by atoms with Crippen LogP contribution in [0.3, 0.4) is 0 Å². The normalized spacial score (nSPS) is 11.1. The van der Waals surface area contributed by atoms with Crippen LogP contribution in [0.2, 0.25) is 5.02 Å². The van der Waals surface area contributed by atoms with Gasteiger partial charge in [0, 0.05) is 5.02 Å². The Hall–Kier alpha value is -2.69. The molecule has 0 spiro atoms. The lowest BCUT2D eigenvalue weighted by molar-refractivity contribution is -0.116. The second-order valence-corrected chi connectivity index (χ2v) is 7.72. The molecule has 27 heavy (non-hydrogen) atoms. The Balaban J connectivity index is 1.69. The highest BCUT2D eigenvalue weighted by molar-refractivity contribution is 7.22. The predicted octanol–water partition coefficient (Wildman–Crippen LogP) is 6.03. The van der Waals surface area contributed by atoms with E-state index in [1.54, 1.807) is 0 Å². The van der Waals surface area contributed by atoms with Gasteiger partial charge in [0.15, 0.2) is 5.13 Å². The van der Waals surface area contributed by atoms with Crippen molar-refractivity contribution in [2.24, 2.45) is 0 Å². The number of nitrogens with zero attached hydrogens (tertiary/aromatic N) is 1. The van der Waals surface area contributed by atoms with E-state index in [0.717, 1.165) is 26.9 Å². The number of fused-ring (bicyclic) bond motifs is 1. The van der Waals surface area contributed by atoms with Gasteiger partial charge >= 0.3 is 0 Å². The third kappa shape index (κ3) is 3.59. The molecule has 1 aromatic heterocycles. The molecule has 0 aliphatic rings. The summed E-state index contributed by atoms with van der Waals surface area (Å²) in [5.74, 6) is -0.501. The van der Waals surface area contributed by atoms with Crippen LogP contribution in [0.5, 0.6) is 0 Å². The first-order valence-electron chi connectivity index (χ1n) is 8.60. The number of benzene rings is 3. The molecule has 3 nitrogen and oxygen atoms in total. The number of hydrogen-bond acceptors (Lipinski definition) is 3. The van der Waals surface area contributed by atoms with E-state index in [9.17, 15) is 4.79 Å². The molecule has 0 saturated carbocycles. The van der Waals surface area contributed by atoms with E-state index in [1.165, 1.54) is 11.3 Å². The molecule has 5 heteroatoms. The molecule has 0 aliphatic heterocycles. The van der Waals surface area contributed by atoms with Gasteiger partial charge in [-0.05, 0) is 35.7 Å². The van der Waals surface area contributed by atoms with Gasteiger partial charge in [0.1, 0.15) is 0 Å². The number of carbonyl (C=O) groups excluding carboxylic acids is 1. The van der Waals surface area contributed by atoms with Gasteiger partial charge in [0.25, 0.3) is 0 Å². The molecular weight excluding hydrogens is 376 g/mol. The number of hydrogen-bond donors (Lipinski definition) is 1. The minimum Gasteiger partial charge on any atom is -0.301 e. The van der Waals surface area contributed by atoms with Crippen LogP contribution in [0.4, 0.5) is 5.13 Å². The maximum atomic E-state index is 13.2. The molecule has 1 heterocycles. The molecule has 0 unspecified atom stereocenters. The quantitative estimate of drug-likeness (QED) is 0.460. The Bertz CT molecular complexity index is 1050. The zero-order valence-corrected chi connectivity index (χ0v) is 16.2. The molecule has 134 valence electrons. The van der Waals surface area contributed by atoms with Crippen LogP contribution in [0.25, 0.3) is 10.2 Å². The first-order chi connectivity index (χ1) is 13.1. The second kappa shape index (κ2) is 7.51. The lowest BCUT2D eigenvalue weighted by Crippen LogP contribution is -2.22. The van der Waals surface area contributed by atoms with Crippen LogP contribution in [-0.4, -0.2) is 10.9 Å². The summed E-state index contributed by atoms with van der Waals surface area (Å²) < 4.78 is 1.00. The van der Waals surface area contributed by atoms with E-state index >= 15 is 0 Å². The number of rotatable bonds is 4. The van der Waals surface area contributed by atoms with E-state index in [1.807, 2.05) is 79.7 Å². The first-order valence-corrected chi connectivity index (χ1v) is 9.79. The van der Waals surface area contributed by atoms with Gasteiger partial charge in [-0.1, -0.05) is 83.6 Å². The summed E-state index contributed by atoms with van der Waals surface area (Å²) in [6.07, 6.45) is 0. The topological polar surface area (TPSA) is 42.0 Å². The first kappa shape index (κ1) is 17.7. The smallest absolute Gasteiger partial charge is 0.238 e.